The molecule has 0 aliphatic carbocycles. The van der Waals surface area contributed by atoms with Crippen LogP contribution in [-0.2, 0) is 23.8 Å². The molecule has 0 aromatic heterocycles. The molecule has 0 rings (SSSR count). The maximum absolute atomic E-state index is 11.4. The van der Waals surface area contributed by atoms with Gasteiger partial charge in [-0.2, -0.15) is 8.42 Å². The van der Waals surface area contributed by atoms with Gasteiger partial charge in [-0.05, 0) is 24.7 Å². The first-order valence-corrected chi connectivity index (χ1v) is 7.83. The van der Waals surface area contributed by atoms with Gasteiger partial charge in [-0.3, -0.25) is 8.98 Å². The Morgan fingerprint density at radius 2 is 1.50 bits per heavy atom. The van der Waals surface area contributed by atoms with Crippen molar-refractivity contribution in [1.82, 2.24) is 0 Å². The van der Waals surface area contributed by atoms with Crippen LogP contribution in [0.25, 0.3) is 0 Å². The van der Waals surface area contributed by atoms with E-state index in [-0.39, 0.29) is 13.2 Å². The molecule has 0 heterocycles. The monoisotopic (exact) mass is 280 g/mol. The second-order valence-corrected chi connectivity index (χ2v) is 6.75. The lowest BCUT2D eigenvalue weighted by atomic mass is 10.1. The number of ether oxygens (including phenoxy) is 1. The Kier molecular flexibility index (Phi) is 8.18. The van der Waals surface area contributed by atoms with Crippen LogP contribution in [0, 0.1) is 11.8 Å². The quantitative estimate of drug-likeness (QED) is 0.477. The van der Waals surface area contributed by atoms with Crippen molar-refractivity contribution in [2.75, 3.05) is 19.0 Å². The van der Waals surface area contributed by atoms with Gasteiger partial charge in [-0.1, -0.05) is 27.7 Å². The summed E-state index contributed by atoms with van der Waals surface area (Å²) in [5.74, 6) is -0.682. The van der Waals surface area contributed by atoms with Gasteiger partial charge in [0.25, 0.3) is 10.1 Å². The van der Waals surface area contributed by atoms with Crippen molar-refractivity contribution >= 4 is 16.1 Å². The van der Waals surface area contributed by atoms with Gasteiger partial charge >= 0.3 is 5.97 Å². The van der Waals surface area contributed by atoms with Gasteiger partial charge in [0.05, 0.1) is 13.2 Å². The zero-order chi connectivity index (χ0) is 14.2. The Bertz CT molecular complexity index is 332. The average Bonchev–Trinajstić information content (AvgIpc) is 2.14. The first kappa shape index (κ1) is 17.4. The summed E-state index contributed by atoms with van der Waals surface area (Å²) in [6.45, 7) is 8.29. The van der Waals surface area contributed by atoms with E-state index in [0.717, 1.165) is 6.42 Å². The van der Waals surface area contributed by atoms with Crippen LogP contribution < -0.4 is 0 Å². The third-order valence-electron chi connectivity index (χ3n) is 2.21. The normalized spacial score (nSPS) is 12.1. The summed E-state index contributed by atoms with van der Waals surface area (Å²) in [4.78, 5) is 11.3. The van der Waals surface area contributed by atoms with Crippen LogP contribution in [0.15, 0.2) is 0 Å². The highest BCUT2D eigenvalue weighted by Gasteiger charge is 2.18. The zero-order valence-corrected chi connectivity index (χ0v) is 12.5. The summed E-state index contributed by atoms with van der Waals surface area (Å²) in [5.41, 5.74) is 0. The lowest BCUT2D eigenvalue weighted by molar-refractivity contribution is -0.140. The molecule has 0 saturated heterocycles. The predicted molar refractivity (Wildman–Crippen MR) is 69.6 cm³/mol. The maximum atomic E-state index is 11.4. The summed E-state index contributed by atoms with van der Waals surface area (Å²) >= 11 is 0. The van der Waals surface area contributed by atoms with E-state index in [1.54, 1.807) is 0 Å². The number of carbonyl (C=O) groups is 1. The van der Waals surface area contributed by atoms with Crippen molar-refractivity contribution in [3.63, 3.8) is 0 Å². The summed E-state index contributed by atoms with van der Waals surface area (Å²) in [6.07, 6.45) is 1.36. The Morgan fingerprint density at radius 3 is 2.00 bits per heavy atom. The second-order valence-electron chi connectivity index (χ2n) is 5.11. The van der Waals surface area contributed by atoms with Crippen LogP contribution in [-0.4, -0.2) is 33.4 Å². The van der Waals surface area contributed by atoms with Crippen molar-refractivity contribution in [3.8, 4) is 0 Å². The molecule has 108 valence electrons. The van der Waals surface area contributed by atoms with E-state index in [9.17, 15) is 13.2 Å². The molecule has 6 heteroatoms. The Hall–Kier alpha value is -0.620. The molecule has 0 aromatic rings. The molecule has 0 N–H and O–H groups in total. The van der Waals surface area contributed by atoms with Crippen molar-refractivity contribution < 1.29 is 22.1 Å². The third kappa shape index (κ3) is 10.5. The van der Waals surface area contributed by atoms with Crippen molar-refractivity contribution in [1.29, 1.82) is 0 Å². The molecular formula is C12H24O5S. The molecule has 0 aliphatic heterocycles. The van der Waals surface area contributed by atoms with Crippen LogP contribution in [0.3, 0.4) is 0 Å². The van der Waals surface area contributed by atoms with Crippen molar-refractivity contribution in [2.24, 2.45) is 11.8 Å². The number of hydrogen-bond acceptors (Lipinski definition) is 5. The van der Waals surface area contributed by atoms with E-state index in [0.29, 0.717) is 18.3 Å². The highest BCUT2D eigenvalue weighted by atomic mass is 32.2. The fraction of sp³-hybridized carbons (Fsp3) is 0.917. The number of carbonyl (C=O) groups excluding carboxylic acids is 1. The molecule has 0 amide bonds. The first-order chi connectivity index (χ1) is 8.23. The largest absolute Gasteiger partial charge is 0.465 e. The number of rotatable bonds is 9. The van der Waals surface area contributed by atoms with Crippen molar-refractivity contribution in [2.45, 2.75) is 40.5 Å². The molecule has 18 heavy (non-hydrogen) atoms. The SMILES string of the molecule is CC(C)CCOC(=O)CS(=O)(=O)OCCC(C)C. The van der Waals surface area contributed by atoms with Gasteiger partial charge in [0.1, 0.15) is 0 Å². The molecule has 0 saturated carbocycles. The molecule has 0 unspecified atom stereocenters. The highest BCUT2D eigenvalue weighted by Crippen LogP contribution is 2.04. The predicted octanol–water partition coefficient (Wildman–Crippen LogP) is 1.97. The minimum atomic E-state index is -3.80. The van der Waals surface area contributed by atoms with E-state index in [1.165, 1.54) is 0 Å². The lowest BCUT2D eigenvalue weighted by Crippen LogP contribution is -2.22. The molecule has 0 radical (unpaired) electrons. The maximum Gasteiger partial charge on any atom is 0.323 e. The second kappa shape index (κ2) is 8.48. The van der Waals surface area contributed by atoms with Gasteiger partial charge in [-0.25, -0.2) is 0 Å². The van der Waals surface area contributed by atoms with Crippen molar-refractivity contribution in [3.05, 3.63) is 0 Å². The van der Waals surface area contributed by atoms with Gasteiger partial charge in [0, 0.05) is 0 Å². The van der Waals surface area contributed by atoms with E-state index in [1.807, 2.05) is 27.7 Å². The fourth-order valence-corrected chi connectivity index (χ4v) is 1.85. The van der Waals surface area contributed by atoms with E-state index >= 15 is 0 Å². The Balaban J connectivity index is 3.89. The van der Waals surface area contributed by atoms with Crippen LogP contribution in [0.5, 0.6) is 0 Å². The molecule has 0 aliphatic rings. The van der Waals surface area contributed by atoms with Crippen LogP contribution in [0.4, 0.5) is 0 Å². The van der Waals surface area contributed by atoms with E-state index < -0.39 is 21.8 Å². The summed E-state index contributed by atoms with van der Waals surface area (Å²) in [5, 5.41) is 0. The van der Waals surface area contributed by atoms with Gasteiger partial charge < -0.3 is 4.74 Å². The molecule has 0 aromatic carbocycles. The lowest BCUT2D eigenvalue weighted by Gasteiger charge is -2.08. The molecule has 5 nitrogen and oxygen atoms in total. The molecule has 0 spiro atoms. The Morgan fingerprint density at radius 1 is 1.00 bits per heavy atom. The van der Waals surface area contributed by atoms with Gasteiger partial charge in [-0.15, -0.1) is 0 Å². The van der Waals surface area contributed by atoms with E-state index in [4.69, 9.17) is 8.92 Å². The van der Waals surface area contributed by atoms with Crippen LogP contribution >= 0.6 is 0 Å². The minimum absolute atomic E-state index is 0.110. The smallest absolute Gasteiger partial charge is 0.323 e. The summed E-state index contributed by atoms with van der Waals surface area (Å²) in [6, 6.07) is 0. The van der Waals surface area contributed by atoms with Gasteiger partial charge in [0.2, 0.25) is 0 Å². The average molecular weight is 280 g/mol. The van der Waals surface area contributed by atoms with E-state index in [2.05, 4.69) is 0 Å². The zero-order valence-electron chi connectivity index (χ0n) is 11.6. The molecule has 0 fully saturated rings. The molecule has 0 bridgehead atoms. The topological polar surface area (TPSA) is 69.7 Å². The Labute approximate surface area is 110 Å². The minimum Gasteiger partial charge on any atom is -0.465 e. The fourth-order valence-electron chi connectivity index (χ4n) is 1.05. The first-order valence-electron chi connectivity index (χ1n) is 6.25. The summed E-state index contributed by atoms with van der Waals surface area (Å²) in [7, 11) is -3.80. The number of esters is 1. The number of hydrogen-bond donors (Lipinski definition) is 0. The van der Waals surface area contributed by atoms with Gasteiger partial charge in [0.15, 0.2) is 5.75 Å². The standard InChI is InChI=1S/C12H24O5S/c1-10(2)5-7-16-12(13)9-18(14,15)17-8-6-11(3)4/h10-11H,5-9H2,1-4H3. The highest BCUT2D eigenvalue weighted by molar-refractivity contribution is 7.87. The van der Waals surface area contributed by atoms with Crippen LogP contribution in [0.1, 0.15) is 40.5 Å². The molecular weight excluding hydrogens is 256 g/mol. The third-order valence-corrected chi connectivity index (χ3v) is 3.33. The summed E-state index contributed by atoms with van der Waals surface area (Å²) < 4.78 is 32.3. The molecule has 0 atom stereocenters. The van der Waals surface area contributed by atoms with Crippen LogP contribution in [0.2, 0.25) is 0 Å².